The molecule has 0 bridgehead atoms. The van der Waals surface area contributed by atoms with Gasteiger partial charge in [0.2, 0.25) is 0 Å². The first kappa shape index (κ1) is 15.3. The minimum Gasteiger partial charge on any atom is -0.380 e. The van der Waals surface area contributed by atoms with Gasteiger partial charge in [0.1, 0.15) is 0 Å². The van der Waals surface area contributed by atoms with Crippen molar-refractivity contribution in [3.05, 3.63) is 0 Å². The van der Waals surface area contributed by atoms with E-state index in [-0.39, 0.29) is 0 Å². The van der Waals surface area contributed by atoms with Crippen molar-refractivity contribution in [1.29, 1.82) is 0 Å². The molecule has 3 heteroatoms. The lowest BCUT2D eigenvalue weighted by Crippen LogP contribution is -2.45. The average Bonchev–Trinajstić information content (AvgIpc) is 2.85. The molecule has 2 fully saturated rings. The summed E-state index contributed by atoms with van der Waals surface area (Å²) in [6.07, 6.45) is 7.10. The molecule has 4 atom stereocenters. The second-order valence-electron chi connectivity index (χ2n) is 6.64. The van der Waals surface area contributed by atoms with Crippen LogP contribution in [0.5, 0.6) is 0 Å². The van der Waals surface area contributed by atoms with Gasteiger partial charge in [-0.25, -0.2) is 0 Å². The Balaban J connectivity index is 1.83. The Morgan fingerprint density at radius 2 is 2.11 bits per heavy atom. The molecular formula is C16H32N2O. The predicted molar refractivity (Wildman–Crippen MR) is 80.4 cm³/mol. The molecule has 2 rings (SSSR count). The van der Waals surface area contributed by atoms with Crippen LogP contribution >= 0.6 is 0 Å². The fourth-order valence-electron chi connectivity index (χ4n) is 3.79. The average molecular weight is 268 g/mol. The van der Waals surface area contributed by atoms with E-state index in [0.29, 0.717) is 6.10 Å². The monoisotopic (exact) mass is 268 g/mol. The maximum absolute atomic E-state index is 5.49. The van der Waals surface area contributed by atoms with Crippen LogP contribution < -0.4 is 5.32 Å². The molecule has 0 radical (unpaired) electrons. The summed E-state index contributed by atoms with van der Waals surface area (Å²) in [5, 5.41) is 3.78. The molecule has 0 spiro atoms. The van der Waals surface area contributed by atoms with Gasteiger partial charge in [0.05, 0.1) is 6.10 Å². The van der Waals surface area contributed by atoms with Crippen LogP contribution in [-0.2, 0) is 4.74 Å². The first-order valence-corrected chi connectivity index (χ1v) is 8.21. The summed E-state index contributed by atoms with van der Waals surface area (Å²) < 4.78 is 5.49. The van der Waals surface area contributed by atoms with Gasteiger partial charge in [-0.2, -0.15) is 0 Å². The second-order valence-corrected chi connectivity index (χ2v) is 6.64. The highest BCUT2D eigenvalue weighted by Gasteiger charge is 2.31. The third-order valence-electron chi connectivity index (χ3n) is 4.96. The fraction of sp³-hybridized carbons (Fsp3) is 1.00. The van der Waals surface area contributed by atoms with Crippen LogP contribution in [0.15, 0.2) is 0 Å². The van der Waals surface area contributed by atoms with E-state index >= 15 is 0 Å². The lowest BCUT2D eigenvalue weighted by molar-refractivity contribution is 0.0987. The van der Waals surface area contributed by atoms with Crippen molar-refractivity contribution in [2.75, 3.05) is 33.3 Å². The Morgan fingerprint density at radius 3 is 2.79 bits per heavy atom. The van der Waals surface area contributed by atoms with E-state index < -0.39 is 0 Å². The van der Waals surface area contributed by atoms with Gasteiger partial charge < -0.3 is 15.0 Å². The highest BCUT2D eigenvalue weighted by molar-refractivity contribution is 4.87. The van der Waals surface area contributed by atoms with Crippen molar-refractivity contribution >= 4 is 0 Å². The first-order chi connectivity index (χ1) is 9.22. The SMILES string of the molecule is CCCNC1CCC(C)CC1CN1CCC(OC)C1. The van der Waals surface area contributed by atoms with E-state index in [4.69, 9.17) is 4.74 Å². The summed E-state index contributed by atoms with van der Waals surface area (Å²) in [5.41, 5.74) is 0. The number of nitrogens with zero attached hydrogens (tertiary/aromatic N) is 1. The van der Waals surface area contributed by atoms with Gasteiger partial charge in [-0.3, -0.25) is 0 Å². The number of nitrogens with one attached hydrogen (secondary N) is 1. The molecule has 1 aliphatic heterocycles. The number of hydrogen-bond acceptors (Lipinski definition) is 3. The van der Waals surface area contributed by atoms with Gasteiger partial charge in [0.25, 0.3) is 0 Å². The Hall–Kier alpha value is -0.120. The van der Waals surface area contributed by atoms with E-state index in [1.165, 1.54) is 51.7 Å². The van der Waals surface area contributed by atoms with Crippen LogP contribution in [0.25, 0.3) is 0 Å². The van der Waals surface area contributed by atoms with Gasteiger partial charge >= 0.3 is 0 Å². The van der Waals surface area contributed by atoms with Crippen molar-refractivity contribution in [2.45, 2.75) is 58.1 Å². The van der Waals surface area contributed by atoms with Crippen LogP contribution in [-0.4, -0.2) is 50.3 Å². The minimum absolute atomic E-state index is 0.475. The number of rotatable bonds is 6. The van der Waals surface area contributed by atoms with Gasteiger partial charge in [0.15, 0.2) is 0 Å². The van der Waals surface area contributed by atoms with Crippen LogP contribution in [0, 0.1) is 11.8 Å². The maximum Gasteiger partial charge on any atom is 0.0710 e. The number of hydrogen-bond donors (Lipinski definition) is 1. The van der Waals surface area contributed by atoms with Crippen LogP contribution in [0.2, 0.25) is 0 Å². The molecule has 1 heterocycles. The number of ether oxygens (including phenoxy) is 1. The van der Waals surface area contributed by atoms with E-state index in [1.54, 1.807) is 0 Å². The summed E-state index contributed by atoms with van der Waals surface area (Å²) in [5.74, 6) is 1.75. The Bertz CT molecular complexity index is 257. The lowest BCUT2D eigenvalue weighted by Gasteiger charge is -2.37. The van der Waals surface area contributed by atoms with Crippen LogP contribution in [0.3, 0.4) is 0 Å². The van der Waals surface area contributed by atoms with Gasteiger partial charge in [0, 0.05) is 32.8 Å². The summed E-state index contributed by atoms with van der Waals surface area (Å²) in [6, 6.07) is 0.748. The molecule has 0 aromatic rings. The van der Waals surface area contributed by atoms with E-state index in [1.807, 2.05) is 7.11 Å². The zero-order valence-electron chi connectivity index (χ0n) is 13.0. The molecule has 2 aliphatic rings. The zero-order valence-corrected chi connectivity index (χ0v) is 13.0. The minimum atomic E-state index is 0.475. The second kappa shape index (κ2) is 7.61. The summed E-state index contributed by atoms with van der Waals surface area (Å²) in [7, 11) is 1.85. The fourth-order valence-corrected chi connectivity index (χ4v) is 3.79. The quantitative estimate of drug-likeness (QED) is 0.801. The Labute approximate surface area is 119 Å². The molecule has 1 saturated heterocycles. The normalized spacial score (nSPS) is 36.8. The molecule has 3 nitrogen and oxygen atoms in total. The molecular weight excluding hydrogens is 236 g/mol. The third kappa shape index (κ3) is 4.44. The third-order valence-corrected chi connectivity index (χ3v) is 4.96. The van der Waals surface area contributed by atoms with Gasteiger partial charge in [-0.05, 0) is 50.5 Å². The van der Waals surface area contributed by atoms with Crippen molar-refractivity contribution in [2.24, 2.45) is 11.8 Å². The molecule has 4 unspecified atom stereocenters. The van der Waals surface area contributed by atoms with E-state index in [9.17, 15) is 0 Å². The van der Waals surface area contributed by atoms with Gasteiger partial charge in [-0.1, -0.05) is 13.8 Å². The summed E-state index contributed by atoms with van der Waals surface area (Å²) in [4.78, 5) is 2.62. The first-order valence-electron chi connectivity index (χ1n) is 8.21. The van der Waals surface area contributed by atoms with Crippen molar-refractivity contribution in [3.63, 3.8) is 0 Å². The lowest BCUT2D eigenvalue weighted by atomic mass is 9.78. The van der Waals surface area contributed by atoms with Crippen molar-refractivity contribution < 1.29 is 4.74 Å². The van der Waals surface area contributed by atoms with E-state index in [0.717, 1.165) is 24.4 Å². The molecule has 0 aromatic heterocycles. The van der Waals surface area contributed by atoms with Gasteiger partial charge in [-0.15, -0.1) is 0 Å². The standard InChI is InChI=1S/C16H32N2O/c1-4-8-17-16-6-5-13(2)10-14(16)11-18-9-7-15(12-18)19-3/h13-17H,4-12H2,1-3H3. The molecule has 0 aromatic carbocycles. The molecule has 112 valence electrons. The molecule has 1 N–H and O–H groups in total. The highest BCUT2D eigenvalue weighted by Crippen LogP contribution is 2.30. The van der Waals surface area contributed by atoms with Crippen molar-refractivity contribution in [3.8, 4) is 0 Å². The Morgan fingerprint density at radius 1 is 1.26 bits per heavy atom. The summed E-state index contributed by atoms with van der Waals surface area (Å²) in [6.45, 7) is 9.50. The molecule has 19 heavy (non-hydrogen) atoms. The van der Waals surface area contributed by atoms with E-state index in [2.05, 4.69) is 24.1 Å². The largest absolute Gasteiger partial charge is 0.380 e. The predicted octanol–water partition coefficient (Wildman–Crippen LogP) is 2.51. The molecule has 1 saturated carbocycles. The topological polar surface area (TPSA) is 24.5 Å². The highest BCUT2D eigenvalue weighted by atomic mass is 16.5. The smallest absolute Gasteiger partial charge is 0.0710 e. The van der Waals surface area contributed by atoms with Crippen LogP contribution in [0.1, 0.15) is 46.0 Å². The maximum atomic E-state index is 5.49. The van der Waals surface area contributed by atoms with Crippen molar-refractivity contribution in [1.82, 2.24) is 10.2 Å². The number of methoxy groups -OCH3 is 1. The molecule has 1 aliphatic carbocycles. The molecule has 0 amide bonds. The number of likely N-dealkylation sites (tertiary alicyclic amines) is 1. The zero-order chi connectivity index (χ0) is 13.7. The Kier molecular flexibility index (Phi) is 6.11. The summed E-state index contributed by atoms with van der Waals surface area (Å²) >= 11 is 0. The van der Waals surface area contributed by atoms with Crippen LogP contribution in [0.4, 0.5) is 0 Å².